The van der Waals surface area contributed by atoms with Gasteiger partial charge in [0, 0.05) is 29.4 Å². The molecule has 0 saturated carbocycles. The first kappa shape index (κ1) is 13.7. The molecule has 18 heavy (non-hydrogen) atoms. The van der Waals surface area contributed by atoms with E-state index in [1.54, 1.807) is 11.3 Å². The van der Waals surface area contributed by atoms with Gasteiger partial charge in [-0.2, -0.15) is 0 Å². The normalized spacial score (nSPS) is 11.4. The van der Waals surface area contributed by atoms with Gasteiger partial charge in [0.25, 0.3) is 0 Å². The van der Waals surface area contributed by atoms with Gasteiger partial charge in [0.2, 0.25) is 0 Å². The molecular weight excluding hydrogens is 264 g/mol. The third kappa shape index (κ3) is 3.37. The monoisotopic (exact) mass is 282 g/mol. The first-order valence-corrected chi connectivity index (χ1v) is 7.38. The van der Waals surface area contributed by atoms with E-state index in [-0.39, 0.29) is 0 Å². The molecule has 0 spiro atoms. The largest absolute Gasteiger partial charge is 0.346 e. The predicted molar refractivity (Wildman–Crippen MR) is 79.6 cm³/mol. The Morgan fingerprint density at radius 2 is 2.11 bits per heavy atom. The van der Waals surface area contributed by atoms with Crippen LogP contribution in [0.2, 0.25) is 4.34 Å². The van der Waals surface area contributed by atoms with E-state index < -0.39 is 0 Å². The summed E-state index contributed by atoms with van der Waals surface area (Å²) in [6.45, 7) is 8.35. The molecule has 2 aromatic rings. The van der Waals surface area contributed by atoms with Gasteiger partial charge in [0.1, 0.15) is 0 Å². The van der Waals surface area contributed by atoms with Crippen LogP contribution < -0.4 is 5.32 Å². The molecule has 98 valence electrons. The van der Waals surface area contributed by atoms with Crippen molar-refractivity contribution in [2.45, 2.75) is 39.9 Å². The van der Waals surface area contributed by atoms with Gasteiger partial charge >= 0.3 is 0 Å². The maximum Gasteiger partial charge on any atom is 0.0931 e. The number of rotatable bonds is 5. The predicted octanol–water partition coefficient (Wildman–Crippen LogP) is 4.06. The van der Waals surface area contributed by atoms with Crippen molar-refractivity contribution < 1.29 is 0 Å². The molecule has 2 nitrogen and oxygen atoms in total. The van der Waals surface area contributed by atoms with Gasteiger partial charge in [-0.15, -0.1) is 11.3 Å². The number of thiophene rings is 1. The van der Waals surface area contributed by atoms with Crippen molar-refractivity contribution in [3.63, 3.8) is 0 Å². The summed E-state index contributed by atoms with van der Waals surface area (Å²) in [5.74, 6) is 0. The number of nitrogens with one attached hydrogen (secondary N) is 1. The molecule has 0 fully saturated rings. The maximum absolute atomic E-state index is 5.96. The van der Waals surface area contributed by atoms with E-state index in [0.717, 1.165) is 17.4 Å². The molecule has 0 atom stereocenters. The Kier molecular flexibility index (Phi) is 4.49. The van der Waals surface area contributed by atoms with Crippen molar-refractivity contribution in [2.75, 3.05) is 0 Å². The first-order chi connectivity index (χ1) is 8.56. The van der Waals surface area contributed by atoms with Crippen LogP contribution in [0.1, 0.15) is 30.0 Å². The molecule has 2 aromatic heterocycles. The maximum atomic E-state index is 5.96. The summed E-state index contributed by atoms with van der Waals surface area (Å²) in [7, 11) is 0. The molecule has 4 heteroatoms. The van der Waals surface area contributed by atoms with Crippen molar-refractivity contribution in [1.82, 2.24) is 9.88 Å². The first-order valence-electron chi connectivity index (χ1n) is 6.18. The Bertz CT molecular complexity index is 514. The van der Waals surface area contributed by atoms with Crippen LogP contribution in [0.15, 0.2) is 24.4 Å². The molecule has 2 heterocycles. The van der Waals surface area contributed by atoms with E-state index in [4.69, 9.17) is 11.6 Å². The minimum atomic E-state index is 0.517. The summed E-state index contributed by atoms with van der Waals surface area (Å²) in [6, 6.07) is 6.77. The average molecular weight is 283 g/mol. The van der Waals surface area contributed by atoms with Gasteiger partial charge in [0.15, 0.2) is 0 Å². The summed E-state index contributed by atoms with van der Waals surface area (Å²) in [5.41, 5.74) is 2.69. The molecule has 0 aliphatic heterocycles. The number of halogens is 1. The van der Waals surface area contributed by atoms with Crippen molar-refractivity contribution in [3.8, 4) is 0 Å². The zero-order chi connectivity index (χ0) is 13.1. The summed E-state index contributed by atoms with van der Waals surface area (Å²) in [6.07, 6.45) is 2.15. The highest BCUT2D eigenvalue weighted by molar-refractivity contribution is 7.16. The Hall–Kier alpha value is -0.770. The van der Waals surface area contributed by atoms with Crippen molar-refractivity contribution in [1.29, 1.82) is 0 Å². The lowest BCUT2D eigenvalue weighted by Gasteiger charge is -2.09. The van der Waals surface area contributed by atoms with Crippen LogP contribution in [-0.2, 0) is 13.1 Å². The molecule has 0 aliphatic rings. The summed E-state index contributed by atoms with van der Waals surface area (Å²) in [4.78, 5) is 1.29. The third-order valence-corrected chi connectivity index (χ3v) is 4.22. The molecule has 0 bridgehead atoms. The Morgan fingerprint density at radius 3 is 2.72 bits per heavy atom. The molecule has 1 N–H and O–H groups in total. The van der Waals surface area contributed by atoms with E-state index in [1.165, 1.54) is 16.1 Å². The quantitative estimate of drug-likeness (QED) is 0.875. The Morgan fingerprint density at radius 1 is 1.33 bits per heavy atom. The van der Waals surface area contributed by atoms with E-state index >= 15 is 0 Å². The Balaban J connectivity index is 2.06. The van der Waals surface area contributed by atoms with Gasteiger partial charge in [0.05, 0.1) is 10.9 Å². The van der Waals surface area contributed by atoms with Crippen LogP contribution in [0.25, 0.3) is 0 Å². The lowest BCUT2D eigenvalue weighted by atomic mass is 10.2. The van der Waals surface area contributed by atoms with Crippen molar-refractivity contribution in [2.24, 2.45) is 0 Å². The second-order valence-electron chi connectivity index (χ2n) is 4.80. The lowest BCUT2D eigenvalue weighted by Crippen LogP contribution is -2.22. The zero-order valence-corrected chi connectivity index (χ0v) is 12.6. The fraction of sp³-hybridized carbons (Fsp3) is 0.429. The standard InChI is InChI=1S/C14H19ClN2S/c1-10(2)16-8-12-6-7-17(11(12)3)9-13-4-5-14(15)18-13/h4-7,10,16H,8-9H2,1-3H3. The highest BCUT2D eigenvalue weighted by atomic mass is 35.5. The molecule has 0 aromatic carbocycles. The zero-order valence-electron chi connectivity index (χ0n) is 11.0. The molecular formula is C14H19ClN2S. The van der Waals surface area contributed by atoms with E-state index in [2.05, 4.69) is 49.0 Å². The summed E-state index contributed by atoms with van der Waals surface area (Å²) >= 11 is 7.60. The highest BCUT2D eigenvalue weighted by Gasteiger charge is 2.06. The smallest absolute Gasteiger partial charge is 0.0931 e. The van der Waals surface area contributed by atoms with Crippen molar-refractivity contribution >= 4 is 22.9 Å². The molecule has 0 radical (unpaired) electrons. The third-order valence-electron chi connectivity index (χ3n) is 3.01. The van der Waals surface area contributed by atoms with E-state index in [9.17, 15) is 0 Å². The molecule has 0 amide bonds. The second kappa shape index (κ2) is 5.91. The molecule has 0 unspecified atom stereocenters. The molecule has 2 rings (SSSR count). The Labute approximate surface area is 118 Å². The lowest BCUT2D eigenvalue weighted by molar-refractivity contribution is 0.586. The van der Waals surface area contributed by atoms with Crippen LogP contribution in [0.4, 0.5) is 0 Å². The van der Waals surface area contributed by atoms with Crippen LogP contribution in [-0.4, -0.2) is 10.6 Å². The molecule has 0 aliphatic carbocycles. The van der Waals surface area contributed by atoms with Gasteiger partial charge in [-0.25, -0.2) is 0 Å². The fourth-order valence-corrected chi connectivity index (χ4v) is 2.96. The van der Waals surface area contributed by atoms with Crippen LogP contribution in [0.3, 0.4) is 0 Å². The van der Waals surface area contributed by atoms with Crippen molar-refractivity contribution in [3.05, 3.63) is 44.9 Å². The number of hydrogen-bond acceptors (Lipinski definition) is 2. The highest BCUT2D eigenvalue weighted by Crippen LogP contribution is 2.23. The van der Waals surface area contributed by atoms with Crippen LogP contribution >= 0.6 is 22.9 Å². The summed E-state index contributed by atoms with van der Waals surface area (Å²) < 4.78 is 3.14. The minimum Gasteiger partial charge on any atom is -0.346 e. The number of nitrogens with zero attached hydrogens (tertiary/aromatic N) is 1. The average Bonchev–Trinajstić information content (AvgIpc) is 2.86. The van der Waals surface area contributed by atoms with Gasteiger partial charge in [-0.3, -0.25) is 0 Å². The minimum absolute atomic E-state index is 0.517. The molecule has 0 saturated heterocycles. The second-order valence-corrected chi connectivity index (χ2v) is 6.60. The van der Waals surface area contributed by atoms with Gasteiger partial charge in [-0.05, 0) is 30.7 Å². The summed E-state index contributed by atoms with van der Waals surface area (Å²) in [5, 5.41) is 3.45. The number of hydrogen-bond donors (Lipinski definition) is 1. The topological polar surface area (TPSA) is 17.0 Å². The van der Waals surface area contributed by atoms with Gasteiger partial charge < -0.3 is 9.88 Å². The number of aromatic nitrogens is 1. The van der Waals surface area contributed by atoms with E-state index in [1.807, 2.05) is 6.07 Å². The fourth-order valence-electron chi connectivity index (χ4n) is 1.87. The van der Waals surface area contributed by atoms with Crippen LogP contribution in [0, 0.1) is 6.92 Å². The van der Waals surface area contributed by atoms with Crippen LogP contribution in [0.5, 0.6) is 0 Å². The van der Waals surface area contributed by atoms with E-state index in [0.29, 0.717) is 6.04 Å². The SMILES string of the molecule is Cc1c(CNC(C)C)ccn1Cc1ccc(Cl)s1. The van der Waals surface area contributed by atoms with Gasteiger partial charge in [-0.1, -0.05) is 25.4 Å².